The number of ether oxygens (including phenoxy) is 2. The zero-order valence-corrected chi connectivity index (χ0v) is 17.3. The molecule has 2 atom stereocenters. The molecule has 1 saturated heterocycles. The quantitative estimate of drug-likeness (QED) is 0.572. The van der Waals surface area contributed by atoms with E-state index in [1.165, 1.54) is 4.90 Å². The molecule has 1 fully saturated rings. The molecule has 1 aliphatic rings. The highest BCUT2D eigenvalue weighted by Gasteiger charge is 2.37. The number of hydrogen-bond acceptors (Lipinski definition) is 5. The number of aldehydes is 1. The van der Waals surface area contributed by atoms with E-state index in [1.807, 2.05) is 0 Å². The van der Waals surface area contributed by atoms with E-state index in [4.69, 9.17) is 9.47 Å². The lowest BCUT2D eigenvalue weighted by Crippen LogP contribution is -2.37. The number of carbonyl (C=O) groups is 3. The van der Waals surface area contributed by atoms with Gasteiger partial charge in [0, 0.05) is 39.5 Å². The van der Waals surface area contributed by atoms with Crippen molar-refractivity contribution in [3.8, 4) is 0 Å². The maximum absolute atomic E-state index is 12.1. The van der Waals surface area contributed by atoms with Crippen LogP contribution in [0.25, 0.3) is 0 Å². The monoisotopic (exact) mass is 372 g/mol. The van der Waals surface area contributed by atoms with Gasteiger partial charge in [-0.05, 0) is 26.8 Å². The smallest absolute Gasteiger partial charge is 0.410 e. The van der Waals surface area contributed by atoms with E-state index in [-0.39, 0.29) is 11.8 Å². The molecule has 1 rings (SSSR count). The van der Waals surface area contributed by atoms with Crippen LogP contribution in [0.4, 0.5) is 9.59 Å². The van der Waals surface area contributed by atoms with Crippen LogP contribution in [0, 0.1) is 11.8 Å². The summed E-state index contributed by atoms with van der Waals surface area (Å²) < 4.78 is 10.5. The number of likely N-dealkylation sites (tertiary alicyclic amines) is 1. The van der Waals surface area contributed by atoms with Crippen LogP contribution in [0.2, 0.25) is 25.7 Å². The average molecular weight is 373 g/mol. The summed E-state index contributed by atoms with van der Waals surface area (Å²) in [5.41, 5.74) is -0.579. The van der Waals surface area contributed by atoms with Gasteiger partial charge < -0.3 is 24.5 Å². The van der Waals surface area contributed by atoms with Crippen LogP contribution >= 0.6 is 0 Å². The Morgan fingerprint density at radius 1 is 1.24 bits per heavy atom. The van der Waals surface area contributed by atoms with E-state index in [0.29, 0.717) is 26.2 Å². The molecule has 2 amide bonds. The Labute approximate surface area is 151 Å². The molecule has 25 heavy (non-hydrogen) atoms. The molecule has 0 aromatic rings. The van der Waals surface area contributed by atoms with Crippen LogP contribution < -0.4 is 5.32 Å². The minimum atomic E-state index is -1.24. The molecule has 2 unspecified atom stereocenters. The zero-order chi connectivity index (χ0) is 19.3. The lowest BCUT2D eigenvalue weighted by Gasteiger charge is -2.24. The van der Waals surface area contributed by atoms with Gasteiger partial charge in [-0.25, -0.2) is 9.59 Å². The lowest BCUT2D eigenvalue weighted by atomic mass is 9.98. The SMILES string of the molecule is CC(C)(C)OC(=O)N1CC(C=O)C(CNC(=O)OCC[Si](C)(C)C)C1. The van der Waals surface area contributed by atoms with Gasteiger partial charge in [-0.1, -0.05) is 19.6 Å². The predicted octanol–water partition coefficient (Wildman–Crippen LogP) is 2.73. The van der Waals surface area contributed by atoms with Crippen molar-refractivity contribution in [1.29, 1.82) is 0 Å². The summed E-state index contributed by atoms with van der Waals surface area (Å²) in [6, 6.07) is 0.910. The predicted molar refractivity (Wildman–Crippen MR) is 98.4 cm³/mol. The summed E-state index contributed by atoms with van der Waals surface area (Å²) >= 11 is 0. The third kappa shape index (κ3) is 8.37. The summed E-state index contributed by atoms with van der Waals surface area (Å²) in [6.07, 6.45) is -0.0639. The maximum Gasteiger partial charge on any atom is 0.410 e. The fourth-order valence-corrected chi connectivity index (χ4v) is 3.17. The summed E-state index contributed by atoms with van der Waals surface area (Å²) in [5.74, 6) is -0.440. The normalized spacial score (nSPS) is 21.0. The van der Waals surface area contributed by atoms with Crippen molar-refractivity contribution in [3.05, 3.63) is 0 Å². The van der Waals surface area contributed by atoms with E-state index >= 15 is 0 Å². The zero-order valence-electron chi connectivity index (χ0n) is 16.3. The van der Waals surface area contributed by atoms with Crippen LogP contribution in [-0.4, -0.2) is 63.3 Å². The molecule has 1 heterocycles. The molecule has 7 nitrogen and oxygen atoms in total. The fraction of sp³-hybridized carbons (Fsp3) is 0.824. The molecule has 144 valence electrons. The third-order valence-electron chi connectivity index (χ3n) is 3.91. The highest BCUT2D eigenvalue weighted by Crippen LogP contribution is 2.23. The Balaban J connectivity index is 2.43. The van der Waals surface area contributed by atoms with Gasteiger partial charge in [-0.3, -0.25) is 0 Å². The maximum atomic E-state index is 12.1. The first-order valence-corrected chi connectivity index (χ1v) is 12.5. The van der Waals surface area contributed by atoms with Gasteiger partial charge in [-0.2, -0.15) is 0 Å². The van der Waals surface area contributed by atoms with E-state index in [9.17, 15) is 14.4 Å². The van der Waals surface area contributed by atoms with Gasteiger partial charge >= 0.3 is 12.2 Å². The number of carbonyl (C=O) groups excluding carboxylic acids is 3. The lowest BCUT2D eigenvalue weighted by molar-refractivity contribution is -0.111. The van der Waals surface area contributed by atoms with Crippen LogP contribution in [-0.2, 0) is 14.3 Å². The van der Waals surface area contributed by atoms with Crippen LogP contribution in [0.15, 0.2) is 0 Å². The molecule has 0 aromatic heterocycles. The minimum absolute atomic E-state index is 0.130. The highest BCUT2D eigenvalue weighted by molar-refractivity contribution is 6.76. The first-order valence-electron chi connectivity index (χ1n) is 8.75. The van der Waals surface area contributed by atoms with Gasteiger partial charge in [0.05, 0.1) is 6.61 Å². The first-order chi connectivity index (χ1) is 11.4. The van der Waals surface area contributed by atoms with Crippen molar-refractivity contribution in [2.24, 2.45) is 11.8 Å². The number of hydrogen-bond donors (Lipinski definition) is 1. The number of rotatable bonds is 6. The fourth-order valence-electron chi connectivity index (χ4n) is 2.46. The third-order valence-corrected chi connectivity index (χ3v) is 5.62. The van der Waals surface area contributed by atoms with Gasteiger partial charge in [0.25, 0.3) is 0 Å². The standard InChI is InChI=1S/C17H32N2O5Si/c1-17(2,3)24-16(22)19-10-13(14(11-19)12-20)9-18-15(21)23-7-8-25(4,5)6/h12-14H,7-11H2,1-6H3,(H,18,21). The second-order valence-corrected chi connectivity index (χ2v) is 14.4. The molecular weight excluding hydrogens is 340 g/mol. The molecule has 0 bridgehead atoms. The number of amides is 2. The number of nitrogens with zero attached hydrogens (tertiary/aromatic N) is 1. The van der Waals surface area contributed by atoms with Crippen LogP contribution in [0.5, 0.6) is 0 Å². The van der Waals surface area contributed by atoms with E-state index in [0.717, 1.165) is 12.3 Å². The number of alkyl carbamates (subject to hydrolysis) is 1. The molecule has 8 heteroatoms. The van der Waals surface area contributed by atoms with Crippen molar-refractivity contribution in [2.45, 2.75) is 52.1 Å². The Morgan fingerprint density at radius 2 is 1.88 bits per heavy atom. The molecule has 0 radical (unpaired) electrons. The number of nitrogens with one attached hydrogen (secondary N) is 1. The molecule has 0 aliphatic carbocycles. The van der Waals surface area contributed by atoms with Crippen molar-refractivity contribution >= 4 is 26.5 Å². The van der Waals surface area contributed by atoms with Crippen LogP contribution in [0.1, 0.15) is 20.8 Å². The second kappa shape index (κ2) is 8.69. The molecular formula is C17H32N2O5Si. The first kappa shape index (κ1) is 21.5. The Morgan fingerprint density at radius 3 is 2.40 bits per heavy atom. The van der Waals surface area contributed by atoms with Gasteiger partial charge in [0.1, 0.15) is 11.9 Å². The van der Waals surface area contributed by atoms with Crippen molar-refractivity contribution in [2.75, 3.05) is 26.2 Å². The van der Waals surface area contributed by atoms with E-state index in [1.54, 1.807) is 20.8 Å². The minimum Gasteiger partial charge on any atom is -0.450 e. The Bertz CT molecular complexity index is 484. The van der Waals surface area contributed by atoms with Gasteiger partial charge in [-0.15, -0.1) is 0 Å². The second-order valence-electron chi connectivity index (χ2n) is 8.77. The van der Waals surface area contributed by atoms with Gasteiger partial charge in [0.2, 0.25) is 0 Å². The topological polar surface area (TPSA) is 84.9 Å². The largest absolute Gasteiger partial charge is 0.450 e. The Kier molecular flexibility index (Phi) is 7.46. The summed E-state index contributed by atoms with van der Waals surface area (Å²) in [6.45, 7) is 13.5. The van der Waals surface area contributed by atoms with Crippen molar-refractivity contribution in [3.63, 3.8) is 0 Å². The van der Waals surface area contributed by atoms with Crippen molar-refractivity contribution < 1.29 is 23.9 Å². The highest BCUT2D eigenvalue weighted by atomic mass is 28.3. The average Bonchev–Trinajstić information content (AvgIpc) is 2.85. The summed E-state index contributed by atoms with van der Waals surface area (Å²) in [5, 5.41) is 2.70. The van der Waals surface area contributed by atoms with E-state index < -0.39 is 25.9 Å². The molecule has 1 aliphatic heterocycles. The Hall–Kier alpha value is -1.57. The molecule has 1 N–H and O–H groups in total. The molecule has 0 saturated carbocycles. The molecule has 0 spiro atoms. The summed E-state index contributed by atoms with van der Waals surface area (Å²) in [4.78, 5) is 36.7. The van der Waals surface area contributed by atoms with E-state index in [2.05, 4.69) is 25.0 Å². The van der Waals surface area contributed by atoms with Crippen LogP contribution in [0.3, 0.4) is 0 Å². The van der Waals surface area contributed by atoms with Crippen molar-refractivity contribution in [1.82, 2.24) is 10.2 Å². The van der Waals surface area contributed by atoms with Gasteiger partial charge in [0.15, 0.2) is 0 Å². The molecule has 0 aromatic carbocycles. The summed E-state index contributed by atoms with van der Waals surface area (Å²) in [7, 11) is -1.24.